The predicted molar refractivity (Wildman–Crippen MR) is 82.1 cm³/mol. The zero-order chi connectivity index (χ0) is 15.2. The number of rotatable bonds is 5. The van der Waals surface area contributed by atoms with Crippen LogP contribution in [0.3, 0.4) is 0 Å². The molecule has 0 bridgehead atoms. The smallest absolute Gasteiger partial charge is 0.257 e. The number of aromatic nitrogens is 1. The van der Waals surface area contributed by atoms with Gasteiger partial charge in [0.05, 0.1) is 22.6 Å². The van der Waals surface area contributed by atoms with E-state index in [2.05, 4.69) is 15.6 Å². The van der Waals surface area contributed by atoms with Gasteiger partial charge < -0.3 is 10.6 Å². The van der Waals surface area contributed by atoms with Crippen molar-refractivity contribution in [3.8, 4) is 0 Å². The standard InChI is InChI=1S/C16H18FN3O/c1-3-9-19-15-12(6-4-7-13(15)17)16(21)20-14-8-5-10-18-11(14)2/h4-8,10,19H,3,9H2,1-2H3,(H,20,21). The van der Waals surface area contributed by atoms with Crippen molar-refractivity contribution in [1.82, 2.24) is 4.98 Å². The Balaban J connectivity index is 2.27. The molecular weight excluding hydrogens is 269 g/mol. The molecule has 21 heavy (non-hydrogen) atoms. The first-order valence-corrected chi connectivity index (χ1v) is 6.88. The quantitative estimate of drug-likeness (QED) is 0.883. The summed E-state index contributed by atoms with van der Waals surface area (Å²) in [6.45, 7) is 4.39. The van der Waals surface area contributed by atoms with E-state index in [1.165, 1.54) is 12.1 Å². The van der Waals surface area contributed by atoms with E-state index < -0.39 is 5.82 Å². The van der Waals surface area contributed by atoms with Gasteiger partial charge in [-0.05, 0) is 37.6 Å². The van der Waals surface area contributed by atoms with E-state index in [1.807, 2.05) is 6.92 Å². The molecule has 1 heterocycles. The molecule has 2 N–H and O–H groups in total. The summed E-state index contributed by atoms with van der Waals surface area (Å²) in [5.74, 6) is -0.789. The summed E-state index contributed by atoms with van der Waals surface area (Å²) in [5, 5.41) is 5.72. The highest BCUT2D eigenvalue weighted by Crippen LogP contribution is 2.22. The van der Waals surface area contributed by atoms with Crippen molar-refractivity contribution in [2.75, 3.05) is 17.2 Å². The molecule has 0 saturated heterocycles. The average Bonchev–Trinajstić information content (AvgIpc) is 2.48. The molecule has 0 aliphatic heterocycles. The number of carbonyl (C=O) groups is 1. The van der Waals surface area contributed by atoms with E-state index in [1.54, 1.807) is 31.3 Å². The molecule has 1 aromatic carbocycles. The van der Waals surface area contributed by atoms with Gasteiger partial charge in [-0.15, -0.1) is 0 Å². The summed E-state index contributed by atoms with van der Waals surface area (Å²) >= 11 is 0. The van der Waals surface area contributed by atoms with E-state index in [-0.39, 0.29) is 17.2 Å². The Morgan fingerprint density at radius 1 is 1.29 bits per heavy atom. The van der Waals surface area contributed by atoms with Crippen LogP contribution >= 0.6 is 0 Å². The molecule has 110 valence electrons. The van der Waals surface area contributed by atoms with Gasteiger partial charge in [-0.3, -0.25) is 9.78 Å². The van der Waals surface area contributed by atoms with Crippen molar-refractivity contribution in [3.63, 3.8) is 0 Å². The van der Waals surface area contributed by atoms with Gasteiger partial charge in [0.1, 0.15) is 5.82 Å². The lowest BCUT2D eigenvalue weighted by Gasteiger charge is -2.13. The Morgan fingerprint density at radius 2 is 2.10 bits per heavy atom. The molecular formula is C16H18FN3O. The first-order valence-electron chi connectivity index (χ1n) is 6.88. The van der Waals surface area contributed by atoms with Gasteiger partial charge >= 0.3 is 0 Å². The Hall–Kier alpha value is -2.43. The first kappa shape index (κ1) is 15.0. The number of nitrogens with zero attached hydrogens (tertiary/aromatic N) is 1. The number of anilines is 2. The minimum Gasteiger partial charge on any atom is -0.382 e. The van der Waals surface area contributed by atoms with Crippen LogP contribution in [0.1, 0.15) is 29.4 Å². The van der Waals surface area contributed by atoms with E-state index in [4.69, 9.17) is 0 Å². The molecule has 0 spiro atoms. The van der Waals surface area contributed by atoms with Gasteiger partial charge in [-0.2, -0.15) is 0 Å². The Morgan fingerprint density at radius 3 is 2.81 bits per heavy atom. The van der Waals surface area contributed by atoms with Crippen LogP contribution in [-0.2, 0) is 0 Å². The normalized spacial score (nSPS) is 10.2. The molecule has 0 saturated carbocycles. The Bertz CT molecular complexity index is 643. The van der Waals surface area contributed by atoms with Crippen molar-refractivity contribution < 1.29 is 9.18 Å². The van der Waals surface area contributed by atoms with E-state index in [0.29, 0.717) is 17.9 Å². The molecule has 1 amide bonds. The number of nitrogens with one attached hydrogen (secondary N) is 2. The minimum atomic E-state index is -0.431. The fourth-order valence-electron chi connectivity index (χ4n) is 1.95. The highest BCUT2D eigenvalue weighted by atomic mass is 19.1. The fourth-order valence-corrected chi connectivity index (χ4v) is 1.95. The van der Waals surface area contributed by atoms with Crippen LogP contribution in [0.25, 0.3) is 0 Å². The number of carbonyl (C=O) groups excluding carboxylic acids is 1. The molecule has 2 rings (SSSR count). The number of benzene rings is 1. The molecule has 1 aromatic heterocycles. The van der Waals surface area contributed by atoms with Crippen LogP contribution in [0, 0.1) is 12.7 Å². The molecule has 0 atom stereocenters. The fraction of sp³-hybridized carbons (Fsp3) is 0.250. The van der Waals surface area contributed by atoms with Crippen LogP contribution in [0.5, 0.6) is 0 Å². The number of amides is 1. The lowest BCUT2D eigenvalue weighted by atomic mass is 10.1. The van der Waals surface area contributed by atoms with Gasteiger partial charge in [0.15, 0.2) is 0 Å². The number of aryl methyl sites for hydroxylation is 1. The van der Waals surface area contributed by atoms with E-state index in [9.17, 15) is 9.18 Å². The summed E-state index contributed by atoms with van der Waals surface area (Å²) in [6.07, 6.45) is 2.50. The molecule has 0 aliphatic rings. The second-order valence-corrected chi connectivity index (χ2v) is 4.68. The maximum absolute atomic E-state index is 13.9. The lowest BCUT2D eigenvalue weighted by Crippen LogP contribution is -2.17. The second kappa shape index (κ2) is 6.83. The zero-order valence-corrected chi connectivity index (χ0v) is 12.1. The maximum atomic E-state index is 13.9. The third kappa shape index (κ3) is 3.56. The molecule has 5 heteroatoms. The highest BCUT2D eigenvalue weighted by Gasteiger charge is 2.15. The molecule has 0 unspecified atom stereocenters. The molecule has 4 nitrogen and oxygen atoms in total. The summed E-state index contributed by atoms with van der Waals surface area (Å²) in [4.78, 5) is 16.5. The molecule has 0 radical (unpaired) electrons. The largest absolute Gasteiger partial charge is 0.382 e. The third-order valence-electron chi connectivity index (χ3n) is 3.07. The van der Waals surface area contributed by atoms with Crippen molar-refractivity contribution in [2.45, 2.75) is 20.3 Å². The predicted octanol–water partition coefficient (Wildman–Crippen LogP) is 3.60. The monoisotopic (exact) mass is 287 g/mol. The summed E-state index contributed by atoms with van der Waals surface area (Å²) in [5.41, 5.74) is 1.85. The third-order valence-corrected chi connectivity index (χ3v) is 3.07. The van der Waals surface area contributed by atoms with Crippen LogP contribution < -0.4 is 10.6 Å². The van der Waals surface area contributed by atoms with E-state index >= 15 is 0 Å². The zero-order valence-electron chi connectivity index (χ0n) is 12.1. The van der Waals surface area contributed by atoms with Crippen molar-refractivity contribution >= 4 is 17.3 Å². The number of para-hydroxylation sites is 1. The first-order chi connectivity index (χ1) is 10.1. The van der Waals surface area contributed by atoms with Crippen LogP contribution in [0.4, 0.5) is 15.8 Å². The molecule has 0 fully saturated rings. The highest BCUT2D eigenvalue weighted by molar-refractivity contribution is 6.08. The number of hydrogen-bond donors (Lipinski definition) is 2. The van der Waals surface area contributed by atoms with Crippen LogP contribution in [0.2, 0.25) is 0 Å². The Kier molecular flexibility index (Phi) is 4.87. The van der Waals surface area contributed by atoms with Gasteiger partial charge in [0, 0.05) is 12.7 Å². The van der Waals surface area contributed by atoms with Crippen LogP contribution in [-0.4, -0.2) is 17.4 Å². The summed E-state index contributed by atoms with van der Waals surface area (Å²) in [6, 6.07) is 7.97. The van der Waals surface area contributed by atoms with Gasteiger partial charge in [-0.1, -0.05) is 13.0 Å². The summed E-state index contributed by atoms with van der Waals surface area (Å²) in [7, 11) is 0. The number of halogens is 1. The summed E-state index contributed by atoms with van der Waals surface area (Å²) < 4.78 is 13.9. The van der Waals surface area contributed by atoms with Crippen molar-refractivity contribution in [1.29, 1.82) is 0 Å². The molecule has 0 aliphatic carbocycles. The van der Waals surface area contributed by atoms with Gasteiger partial charge in [0.25, 0.3) is 5.91 Å². The van der Waals surface area contributed by atoms with Crippen molar-refractivity contribution in [2.24, 2.45) is 0 Å². The number of pyridine rings is 1. The van der Waals surface area contributed by atoms with Crippen molar-refractivity contribution in [3.05, 3.63) is 53.6 Å². The topological polar surface area (TPSA) is 54.0 Å². The van der Waals surface area contributed by atoms with Gasteiger partial charge in [0.2, 0.25) is 0 Å². The average molecular weight is 287 g/mol. The number of hydrogen-bond acceptors (Lipinski definition) is 3. The van der Waals surface area contributed by atoms with E-state index in [0.717, 1.165) is 6.42 Å². The minimum absolute atomic E-state index is 0.235. The second-order valence-electron chi connectivity index (χ2n) is 4.68. The van der Waals surface area contributed by atoms with Crippen LogP contribution in [0.15, 0.2) is 36.5 Å². The maximum Gasteiger partial charge on any atom is 0.257 e. The molecule has 2 aromatic rings. The van der Waals surface area contributed by atoms with Gasteiger partial charge in [-0.25, -0.2) is 4.39 Å². The lowest BCUT2D eigenvalue weighted by molar-refractivity contribution is 0.102. The Labute approximate surface area is 123 Å². The SMILES string of the molecule is CCCNc1c(F)cccc1C(=O)Nc1cccnc1C.